The highest BCUT2D eigenvalue weighted by Gasteiger charge is 2.30. The maximum atomic E-state index is 12.8. The van der Waals surface area contributed by atoms with E-state index in [1.165, 1.54) is 4.57 Å². The third-order valence-corrected chi connectivity index (χ3v) is 5.28. The van der Waals surface area contributed by atoms with Gasteiger partial charge in [-0.25, -0.2) is 9.48 Å². The summed E-state index contributed by atoms with van der Waals surface area (Å²) in [5.41, 5.74) is 0.546. The van der Waals surface area contributed by atoms with Crippen LogP contribution in [0.25, 0.3) is 0 Å². The molecule has 3 heterocycles. The Hall–Kier alpha value is -2.61. The van der Waals surface area contributed by atoms with Crippen molar-refractivity contribution < 1.29 is 9.59 Å². The number of carbonyl (C=O) groups is 2. The van der Waals surface area contributed by atoms with Gasteiger partial charge in [0.2, 0.25) is 11.7 Å². The van der Waals surface area contributed by atoms with E-state index in [4.69, 9.17) is 11.6 Å². The second kappa shape index (κ2) is 7.19. The SMILES string of the molecule is O=C(Cn1nc2n(c1=O)CCN(Cc1ccc(Cl)cc1)C2=O)N1CCCC1. The monoisotopic (exact) mass is 389 g/mol. The summed E-state index contributed by atoms with van der Waals surface area (Å²) in [5, 5.41) is 4.79. The fourth-order valence-corrected chi connectivity index (χ4v) is 3.65. The van der Waals surface area contributed by atoms with Gasteiger partial charge in [-0.1, -0.05) is 23.7 Å². The van der Waals surface area contributed by atoms with Crippen LogP contribution >= 0.6 is 11.6 Å². The van der Waals surface area contributed by atoms with Crippen molar-refractivity contribution in [2.45, 2.75) is 32.5 Å². The molecule has 27 heavy (non-hydrogen) atoms. The molecule has 0 N–H and O–H groups in total. The molecule has 0 aliphatic carbocycles. The van der Waals surface area contributed by atoms with Crippen molar-refractivity contribution in [2.75, 3.05) is 19.6 Å². The van der Waals surface area contributed by atoms with Gasteiger partial charge in [-0.2, -0.15) is 0 Å². The lowest BCUT2D eigenvalue weighted by Gasteiger charge is -2.26. The van der Waals surface area contributed by atoms with E-state index < -0.39 is 5.69 Å². The average Bonchev–Trinajstić information content (AvgIpc) is 3.29. The molecular formula is C18H20ClN5O3. The van der Waals surface area contributed by atoms with Crippen LogP contribution in [0, 0.1) is 0 Å². The topological polar surface area (TPSA) is 80.4 Å². The van der Waals surface area contributed by atoms with Crippen molar-refractivity contribution in [3.05, 3.63) is 51.2 Å². The lowest BCUT2D eigenvalue weighted by Crippen LogP contribution is -2.42. The molecule has 1 aromatic carbocycles. The first-order chi connectivity index (χ1) is 13.0. The molecule has 0 bridgehead atoms. The van der Waals surface area contributed by atoms with E-state index in [0.717, 1.165) is 36.2 Å². The van der Waals surface area contributed by atoms with Gasteiger partial charge < -0.3 is 9.80 Å². The summed E-state index contributed by atoms with van der Waals surface area (Å²) in [6.45, 7) is 2.52. The van der Waals surface area contributed by atoms with Gasteiger partial charge >= 0.3 is 5.69 Å². The second-order valence-corrected chi connectivity index (χ2v) is 7.29. The Bertz CT molecular complexity index is 927. The third kappa shape index (κ3) is 3.49. The van der Waals surface area contributed by atoms with E-state index in [1.807, 2.05) is 12.1 Å². The Morgan fingerprint density at radius 1 is 1.04 bits per heavy atom. The number of aromatic nitrogens is 3. The van der Waals surface area contributed by atoms with E-state index in [1.54, 1.807) is 21.9 Å². The van der Waals surface area contributed by atoms with Crippen LogP contribution in [0.15, 0.2) is 29.1 Å². The predicted molar refractivity (Wildman–Crippen MR) is 98.5 cm³/mol. The van der Waals surface area contributed by atoms with Crippen LogP contribution < -0.4 is 5.69 Å². The molecule has 0 unspecified atom stereocenters. The molecule has 8 nitrogen and oxygen atoms in total. The minimum Gasteiger partial charge on any atom is -0.341 e. The van der Waals surface area contributed by atoms with Crippen molar-refractivity contribution >= 4 is 23.4 Å². The lowest BCUT2D eigenvalue weighted by atomic mass is 10.2. The lowest BCUT2D eigenvalue weighted by molar-refractivity contribution is -0.131. The molecule has 9 heteroatoms. The number of nitrogens with zero attached hydrogens (tertiary/aromatic N) is 5. The zero-order valence-electron chi connectivity index (χ0n) is 14.8. The van der Waals surface area contributed by atoms with Gasteiger partial charge in [0.05, 0.1) is 0 Å². The fraction of sp³-hybridized carbons (Fsp3) is 0.444. The summed E-state index contributed by atoms with van der Waals surface area (Å²) >= 11 is 5.90. The molecule has 0 atom stereocenters. The summed E-state index contributed by atoms with van der Waals surface area (Å²) in [6, 6.07) is 7.29. The van der Waals surface area contributed by atoms with Crippen LogP contribution in [0.1, 0.15) is 29.0 Å². The van der Waals surface area contributed by atoms with Gasteiger partial charge in [-0.05, 0) is 30.5 Å². The molecule has 4 rings (SSSR count). The van der Waals surface area contributed by atoms with Crippen LogP contribution in [-0.2, 0) is 24.4 Å². The van der Waals surface area contributed by atoms with Gasteiger partial charge in [-0.3, -0.25) is 14.2 Å². The molecule has 2 aromatic rings. The number of benzene rings is 1. The quantitative estimate of drug-likeness (QED) is 0.780. The standard InChI is InChI=1S/C18H20ClN5O3/c19-14-5-3-13(4-6-14)11-22-9-10-23-16(17(22)26)20-24(18(23)27)12-15(25)21-7-1-2-8-21/h3-6H,1-2,7-12H2. The predicted octanol–water partition coefficient (Wildman–Crippen LogP) is 0.977. The Kier molecular flexibility index (Phi) is 4.73. The van der Waals surface area contributed by atoms with Gasteiger partial charge in [0.15, 0.2) is 0 Å². The van der Waals surface area contributed by atoms with Crippen LogP contribution in [-0.4, -0.2) is 55.6 Å². The molecule has 2 amide bonds. The van der Waals surface area contributed by atoms with E-state index in [0.29, 0.717) is 24.7 Å². The molecule has 0 radical (unpaired) electrons. The van der Waals surface area contributed by atoms with Crippen molar-refractivity contribution in [1.82, 2.24) is 24.1 Å². The largest absolute Gasteiger partial charge is 0.346 e. The maximum absolute atomic E-state index is 12.8. The minimum atomic E-state index is -0.406. The number of hydrogen-bond acceptors (Lipinski definition) is 4. The van der Waals surface area contributed by atoms with Crippen LogP contribution in [0.5, 0.6) is 0 Å². The zero-order chi connectivity index (χ0) is 19.0. The summed E-state index contributed by atoms with van der Waals surface area (Å²) in [5.74, 6) is -0.342. The van der Waals surface area contributed by atoms with Crippen LogP contribution in [0.3, 0.4) is 0 Å². The van der Waals surface area contributed by atoms with Crippen LogP contribution in [0.4, 0.5) is 0 Å². The Morgan fingerprint density at radius 2 is 1.74 bits per heavy atom. The maximum Gasteiger partial charge on any atom is 0.346 e. The van der Waals surface area contributed by atoms with Gasteiger partial charge in [-0.15, -0.1) is 5.10 Å². The van der Waals surface area contributed by atoms with Crippen molar-refractivity contribution in [3.63, 3.8) is 0 Å². The highest BCUT2D eigenvalue weighted by atomic mass is 35.5. The number of fused-ring (bicyclic) bond motifs is 1. The minimum absolute atomic E-state index is 0.0921. The van der Waals surface area contributed by atoms with E-state index >= 15 is 0 Å². The normalized spacial score (nSPS) is 16.7. The number of amides is 2. The van der Waals surface area contributed by atoms with Gasteiger partial charge in [0.25, 0.3) is 5.91 Å². The molecule has 1 fully saturated rings. The molecule has 0 saturated carbocycles. The van der Waals surface area contributed by atoms with E-state index in [-0.39, 0.29) is 24.2 Å². The smallest absolute Gasteiger partial charge is 0.341 e. The van der Waals surface area contributed by atoms with Crippen molar-refractivity contribution in [1.29, 1.82) is 0 Å². The molecule has 0 spiro atoms. The summed E-state index contributed by atoms with van der Waals surface area (Å²) in [6.07, 6.45) is 1.97. The van der Waals surface area contributed by atoms with Crippen LogP contribution in [0.2, 0.25) is 5.02 Å². The molecule has 142 valence electrons. The zero-order valence-corrected chi connectivity index (χ0v) is 15.6. The molecule has 2 aliphatic heterocycles. The van der Waals surface area contributed by atoms with E-state index in [2.05, 4.69) is 5.10 Å². The number of carbonyl (C=O) groups excluding carboxylic acids is 2. The average molecular weight is 390 g/mol. The highest BCUT2D eigenvalue weighted by Crippen LogP contribution is 2.15. The van der Waals surface area contributed by atoms with Gasteiger partial charge in [0.1, 0.15) is 6.54 Å². The van der Waals surface area contributed by atoms with Crippen molar-refractivity contribution in [3.8, 4) is 0 Å². The number of rotatable bonds is 4. The fourth-order valence-electron chi connectivity index (χ4n) is 3.52. The molecule has 2 aliphatic rings. The molecular weight excluding hydrogens is 370 g/mol. The summed E-state index contributed by atoms with van der Waals surface area (Å²) < 4.78 is 2.47. The van der Waals surface area contributed by atoms with Crippen molar-refractivity contribution in [2.24, 2.45) is 0 Å². The first-order valence-electron chi connectivity index (χ1n) is 9.02. The summed E-state index contributed by atoms with van der Waals surface area (Å²) in [7, 11) is 0. The number of likely N-dealkylation sites (tertiary alicyclic amines) is 1. The molecule has 1 saturated heterocycles. The summed E-state index contributed by atoms with van der Waals surface area (Å²) in [4.78, 5) is 41.0. The first-order valence-corrected chi connectivity index (χ1v) is 9.40. The second-order valence-electron chi connectivity index (χ2n) is 6.86. The van der Waals surface area contributed by atoms with E-state index in [9.17, 15) is 14.4 Å². The Morgan fingerprint density at radius 3 is 2.44 bits per heavy atom. The van der Waals surface area contributed by atoms with Gasteiger partial charge in [0, 0.05) is 37.7 Å². The molecule has 1 aromatic heterocycles. The Labute approximate surface area is 160 Å². The first kappa shape index (κ1) is 17.8. The highest BCUT2D eigenvalue weighted by molar-refractivity contribution is 6.30. The number of hydrogen-bond donors (Lipinski definition) is 0. The Balaban J connectivity index is 1.51. The number of halogens is 1. The third-order valence-electron chi connectivity index (χ3n) is 5.03.